The summed E-state index contributed by atoms with van der Waals surface area (Å²) in [5.41, 5.74) is -1.45. The van der Waals surface area contributed by atoms with Crippen LogP contribution in [0.3, 0.4) is 0 Å². The molecule has 1 heterocycles. The van der Waals surface area contributed by atoms with Crippen LogP contribution in [0.5, 0.6) is 0 Å². The van der Waals surface area contributed by atoms with Gasteiger partial charge in [0, 0.05) is 4.47 Å². The zero-order chi connectivity index (χ0) is 16.7. The number of halogens is 6. The summed E-state index contributed by atoms with van der Waals surface area (Å²) >= 11 is 5.69. The summed E-state index contributed by atoms with van der Waals surface area (Å²) in [4.78, 5) is 17.0. The Bertz CT molecular complexity index is 720. The summed E-state index contributed by atoms with van der Waals surface area (Å²) in [5.74, 6) is -2.03. The number of carbonyl (C=O) groups excluding carboxylic acids is 1. The zero-order valence-corrected chi connectivity index (χ0v) is 13.9. The average molecular weight is 446 g/mol. The Labute approximate surface area is 138 Å². The summed E-state index contributed by atoms with van der Waals surface area (Å²) < 4.78 is 56.3. The minimum absolute atomic E-state index is 0.0582. The number of carbonyl (C=O) groups is 1. The standard InChI is InChI=1S/C12H6Br2F4N2O2/c1-22-11(21)4-2-5(13)7(6(15)3-4)10-19-8(9(14)20-10)12(16,17)18/h2-3H,1H3,(H,19,20). The predicted octanol–water partition coefficient (Wildman–Crippen LogP) is 4.55. The van der Waals surface area contributed by atoms with Crippen molar-refractivity contribution in [1.82, 2.24) is 9.97 Å². The van der Waals surface area contributed by atoms with Crippen LogP contribution in [0, 0.1) is 5.82 Å². The van der Waals surface area contributed by atoms with Gasteiger partial charge in [-0.2, -0.15) is 13.2 Å². The molecule has 0 aliphatic carbocycles. The molecule has 0 saturated heterocycles. The fourth-order valence-electron chi connectivity index (χ4n) is 1.69. The van der Waals surface area contributed by atoms with E-state index in [2.05, 4.69) is 41.6 Å². The van der Waals surface area contributed by atoms with Crippen molar-refractivity contribution in [3.8, 4) is 11.4 Å². The lowest BCUT2D eigenvalue weighted by Gasteiger charge is -2.07. The Hall–Kier alpha value is -1.42. The topological polar surface area (TPSA) is 55.0 Å². The highest BCUT2D eigenvalue weighted by molar-refractivity contribution is 9.10. The number of nitrogens with one attached hydrogen (secondary N) is 1. The van der Waals surface area contributed by atoms with Crippen molar-refractivity contribution in [3.05, 3.63) is 38.3 Å². The first-order valence-corrected chi connectivity index (χ1v) is 7.14. The van der Waals surface area contributed by atoms with Gasteiger partial charge < -0.3 is 9.72 Å². The summed E-state index contributed by atoms with van der Waals surface area (Å²) in [6.45, 7) is 0. The van der Waals surface area contributed by atoms with Crippen LogP contribution < -0.4 is 0 Å². The first kappa shape index (κ1) is 16.9. The number of aromatic amines is 1. The number of benzene rings is 1. The summed E-state index contributed by atoms with van der Waals surface area (Å²) in [7, 11) is 1.13. The van der Waals surface area contributed by atoms with E-state index >= 15 is 0 Å². The van der Waals surface area contributed by atoms with Crippen LogP contribution in [0.4, 0.5) is 17.6 Å². The lowest BCUT2D eigenvalue weighted by Crippen LogP contribution is -2.06. The first-order chi connectivity index (χ1) is 10.1. The number of aromatic nitrogens is 2. The average Bonchev–Trinajstić information content (AvgIpc) is 2.78. The number of hydrogen-bond donors (Lipinski definition) is 1. The third-order valence-electron chi connectivity index (χ3n) is 2.64. The Kier molecular flexibility index (Phi) is 4.62. The van der Waals surface area contributed by atoms with E-state index in [9.17, 15) is 22.4 Å². The Morgan fingerprint density at radius 2 is 1.95 bits per heavy atom. The van der Waals surface area contributed by atoms with Crippen LogP contribution in [0.2, 0.25) is 0 Å². The molecule has 118 valence electrons. The lowest BCUT2D eigenvalue weighted by molar-refractivity contribution is -0.141. The smallest absolute Gasteiger partial charge is 0.433 e. The van der Waals surface area contributed by atoms with E-state index < -0.39 is 28.3 Å². The van der Waals surface area contributed by atoms with Gasteiger partial charge in [-0.05, 0) is 44.0 Å². The molecule has 0 saturated carbocycles. The number of imidazole rings is 1. The second kappa shape index (κ2) is 5.99. The largest absolute Gasteiger partial charge is 0.465 e. The Morgan fingerprint density at radius 3 is 2.41 bits per heavy atom. The van der Waals surface area contributed by atoms with Crippen molar-refractivity contribution in [2.24, 2.45) is 0 Å². The molecule has 2 rings (SSSR count). The van der Waals surface area contributed by atoms with Crippen molar-refractivity contribution < 1.29 is 27.1 Å². The highest BCUT2D eigenvalue weighted by Gasteiger charge is 2.36. The molecule has 10 heteroatoms. The van der Waals surface area contributed by atoms with Crippen LogP contribution >= 0.6 is 31.9 Å². The molecule has 1 N–H and O–H groups in total. The maximum atomic E-state index is 14.1. The molecule has 0 amide bonds. The van der Waals surface area contributed by atoms with E-state index in [1.54, 1.807) is 0 Å². The van der Waals surface area contributed by atoms with Gasteiger partial charge in [0.1, 0.15) is 16.2 Å². The minimum atomic E-state index is -4.67. The van der Waals surface area contributed by atoms with Gasteiger partial charge in [0.2, 0.25) is 0 Å². The van der Waals surface area contributed by atoms with Gasteiger partial charge in [-0.15, -0.1) is 0 Å². The highest BCUT2D eigenvalue weighted by Crippen LogP contribution is 2.37. The van der Waals surface area contributed by atoms with Gasteiger partial charge in [-0.3, -0.25) is 0 Å². The van der Waals surface area contributed by atoms with Gasteiger partial charge in [-0.1, -0.05) is 0 Å². The number of ether oxygens (including phenoxy) is 1. The van der Waals surface area contributed by atoms with Crippen LogP contribution in [0.1, 0.15) is 16.1 Å². The van der Waals surface area contributed by atoms with Crippen LogP contribution in [0.25, 0.3) is 11.4 Å². The number of nitrogens with zero attached hydrogens (tertiary/aromatic N) is 1. The van der Waals surface area contributed by atoms with Crippen molar-refractivity contribution in [2.45, 2.75) is 6.18 Å². The molecule has 0 aliphatic heterocycles. The Balaban J connectivity index is 2.57. The van der Waals surface area contributed by atoms with Gasteiger partial charge in [-0.25, -0.2) is 14.2 Å². The zero-order valence-electron chi connectivity index (χ0n) is 10.7. The molecule has 22 heavy (non-hydrogen) atoms. The van der Waals surface area contributed by atoms with Crippen molar-refractivity contribution in [2.75, 3.05) is 7.11 Å². The molecule has 0 bridgehead atoms. The monoisotopic (exact) mass is 444 g/mol. The molecule has 0 aliphatic rings. The van der Waals surface area contributed by atoms with E-state index in [0.29, 0.717) is 0 Å². The fourth-order valence-corrected chi connectivity index (χ4v) is 2.82. The number of hydrogen-bond acceptors (Lipinski definition) is 3. The molecular formula is C12H6Br2F4N2O2. The highest BCUT2D eigenvalue weighted by atomic mass is 79.9. The van der Waals surface area contributed by atoms with Crippen LogP contribution in [0.15, 0.2) is 21.2 Å². The molecule has 2 aromatic rings. The van der Waals surface area contributed by atoms with Gasteiger partial charge in [0.05, 0.1) is 18.2 Å². The molecule has 1 aromatic carbocycles. The van der Waals surface area contributed by atoms with Gasteiger partial charge in [0.15, 0.2) is 5.69 Å². The molecule has 0 unspecified atom stereocenters. The Morgan fingerprint density at radius 1 is 1.32 bits per heavy atom. The van der Waals surface area contributed by atoms with Crippen molar-refractivity contribution in [3.63, 3.8) is 0 Å². The number of rotatable bonds is 2. The maximum Gasteiger partial charge on any atom is 0.433 e. The van der Waals surface area contributed by atoms with Crippen molar-refractivity contribution in [1.29, 1.82) is 0 Å². The molecule has 0 fully saturated rings. The summed E-state index contributed by atoms with van der Waals surface area (Å²) in [6, 6.07) is 2.09. The third-order valence-corrected chi connectivity index (χ3v) is 3.84. The first-order valence-electron chi connectivity index (χ1n) is 5.55. The normalized spacial score (nSPS) is 11.6. The number of alkyl halides is 3. The van der Waals surface area contributed by atoms with Crippen LogP contribution in [-0.4, -0.2) is 23.0 Å². The summed E-state index contributed by atoms with van der Waals surface area (Å²) in [6.07, 6.45) is -4.67. The summed E-state index contributed by atoms with van der Waals surface area (Å²) in [5, 5.41) is 0. The van der Waals surface area contributed by atoms with E-state index in [1.807, 2.05) is 4.98 Å². The quantitative estimate of drug-likeness (QED) is 0.545. The van der Waals surface area contributed by atoms with Crippen molar-refractivity contribution >= 4 is 37.8 Å². The molecule has 4 nitrogen and oxygen atoms in total. The molecule has 0 radical (unpaired) electrons. The minimum Gasteiger partial charge on any atom is -0.465 e. The van der Waals surface area contributed by atoms with Gasteiger partial charge in [0.25, 0.3) is 0 Å². The van der Waals surface area contributed by atoms with E-state index in [0.717, 1.165) is 13.2 Å². The molecular weight excluding hydrogens is 440 g/mol. The maximum absolute atomic E-state index is 14.1. The SMILES string of the molecule is COC(=O)c1cc(F)c(-c2nc(Br)c(C(F)(F)F)[nH]2)c(Br)c1. The molecule has 0 spiro atoms. The van der Waals surface area contributed by atoms with E-state index in [1.165, 1.54) is 6.07 Å². The number of H-pyrrole nitrogens is 1. The van der Waals surface area contributed by atoms with E-state index in [-0.39, 0.29) is 21.4 Å². The van der Waals surface area contributed by atoms with E-state index in [4.69, 9.17) is 0 Å². The van der Waals surface area contributed by atoms with Gasteiger partial charge >= 0.3 is 12.1 Å². The lowest BCUT2D eigenvalue weighted by atomic mass is 10.1. The fraction of sp³-hybridized carbons (Fsp3) is 0.167. The molecule has 0 atom stereocenters. The predicted molar refractivity (Wildman–Crippen MR) is 75.7 cm³/mol. The van der Waals surface area contributed by atoms with Crippen LogP contribution in [-0.2, 0) is 10.9 Å². The number of esters is 1. The second-order valence-corrected chi connectivity index (χ2v) is 5.66. The molecule has 1 aromatic heterocycles. The second-order valence-electron chi connectivity index (χ2n) is 4.06. The third kappa shape index (κ3) is 3.17. The number of methoxy groups -OCH3 is 1.